The van der Waals surface area contributed by atoms with Crippen LogP contribution in [0.2, 0.25) is 0 Å². The van der Waals surface area contributed by atoms with Crippen LogP contribution in [0.15, 0.2) is 60.7 Å². The van der Waals surface area contributed by atoms with E-state index in [1.54, 1.807) is 60.7 Å². The number of benzene rings is 2. The van der Waals surface area contributed by atoms with Gasteiger partial charge in [0.25, 0.3) is 0 Å². The lowest BCUT2D eigenvalue weighted by atomic mass is 10.0. The third-order valence-electron chi connectivity index (χ3n) is 6.26. The van der Waals surface area contributed by atoms with Gasteiger partial charge in [0, 0.05) is 18.3 Å². The van der Waals surface area contributed by atoms with E-state index in [0.717, 1.165) is 0 Å². The van der Waals surface area contributed by atoms with Crippen molar-refractivity contribution in [2.45, 2.75) is 27.4 Å². The zero-order chi connectivity index (χ0) is 24.1. The van der Waals surface area contributed by atoms with Crippen molar-refractivity contribution in [2.24, 2.45) is 0 Å². The zero-order valence-corrected chi connectivity index (χ0v) is 20.8. The van der Waals surface area contributed by atoms with Gasteiger partial charge in [0.1, 0.15) is 0 Å². The van der Waals surface area contributed by atoms with Gasteiger partial charge in [-0.05, 0) is 11.1 Å². The van der Waals surface area contributed by atoms with E-state index in [4.69, 9.17) is 0 Å². The molecule has 180 valence electrons. The lowest BCUT2D eigenvalue weighted by Gasteiger charge is -2.33. The minimum atomic E-state index is -4.31. The highest BCUT2D eigenvalue weighted by atomic mass is 32.3. The van der Waals surface area contributed by atoms with Crippen LogP contribution in [0.4, 0.5) is 0 Å². The molecular weight excluding hydrogens is 508 g/mol. The van der Waals surface area contributed by atoms with Gasteiger partial charge in [0.15, 0.2) is 48.5 Å². The first-order valence-corrected chi connectivity index (χ1v) is 17.1. The fraction of sp³-hybridized carbons (Fsp3) is 0.429. The monoisotopic (exact) mass is 532 g/mol. The Kier molecular flexibility index (Phi) is 6.26. The molecule has 0 radical (unpaired) electrons. The topological polar surface area (TPSA) is 137 Å². The highest BCUT2D eigenvalue weighted by Crippen LogP contribution is 2.38. The molecule has 2 aromatic carbocycles. The van der Waals surface area contributed by atoms with Gasteiger partial charge in [-0.15, -0.1) is 0 Å². The van der Waals surface area contributed by atoms with Crippen molar-refractivity contribution < 1.29 is 33.7 Å². The second kappa shape index (κ2) is 8.47. The van der Waals surface area contributed by atoms with Crippen LogP contribution in [-0.2, 0) is 39.3 Å². The van der Waals surface area contributed by atoms with Gasteiger partial charge < -0.3 is 0 Å². The maximum absolute atomic E-state index is 13.0. The van der Waals surface area contributed by atoms with Crippen molar-refractivity contribution in [3.8, 4) is 0 Å². The van der Waals surface area contributed by atoms with Crippen LogP contribution in [-0.4, -0.2) is 65.8 Å². The summed E-state index contributed by atoms with van der Waals surface area (Å²) in [5.41, 5.74) is 1.10. The van der Waals surface area contributed by atoms with E-state index in [1.165, 1.54) is 0 Å². The highest BCUT2D eigenvalue weighted by molar-refractivity contribution is 8.11. The molecule has 12 heteroatoms. The van der Waals surface area contributed by atoms with E-state index >= 15 is 0 Å². The van der Waals surface area contributed by atoms with Crippen molar-refractivity contribution in [1.29, 1.82) is 0 Å². The maximum atomic E-state index is 13.0. The second-order valence-electron chi connectivity index (χ2n) is 8.63. The third-order valence-corrected chi connectivity index (χ3v) is 17.2. The summed E-state index contributed by atoms with van der Waals surface area (Å²) >= 11 is 0. The molecular formula is C21H24O8S4. The van der Waals surface area contributed by atoms with Crippen LogP contribution in [0.3, 0.4) is 0 Å². The Morgan fingerprint density at radius 3 is 1.03 bits per heavy atom. The molecule has 0 aliphatic carbocycles. The highest BCUT2D eigenvalue weighted by Gasteiger charge is 2.53. The molecule has 2 aliphatic rings. The molecule has 0 spiro atoms. The van der Waals surface area contributed by atoms with Gasteiger partial charge in [-0.3, -0.25) is 0 Å². The SMILES string of the molecule is O=S1(=O)CC(c2ccccc2)CS(=O)(=O)C1CC1S(=O)(=O)CC(c2ccccc2)CS1(=O)=O. The van der Waals surface area contributed by atoms with Crippen LogP contribution in [0.5, 0.6) is 0 Å². The zero-order valence-electron chi connectivity index (χ0n) is 17.5. The molecule has 0 amide bonds. The summed E-state index contributed by atoms with van der Waals surface area (Å²) in [6.07, 6.45) is -0.988. The van der Waals surface area contributed by atoms with E-state index in [9.17, 15) is 33.7 Å². The Balaban J connectivity index is 1.64. The van der Waals surface area contributed by atoms with Gasteiger partial charge in [-0.2, -0.15) is 0 Å². The summed E-state index contributed by atoms with van der Waals surface area (Å²) < 4.78 is 99.8. The average molecular weight is 533 g/mol. The van der Waals surface area contributed by atoms with Crippen molar-refractivity contribution in [3.63, 3.8) is 0 Å². The molecule has 8 nitrogen and oxygen atoms in total. The lowest BCUT2D eigenvalue weighted by molar-refractivity contribution is 0.541. The van der Waals surface area contributed by atoms with Crippen LogP contribution in [0.25, 0.3) is 0 Å². The predicted molar refractivity (Wildman–Crippen MR) is 126 cm³/mol. The standard InChI is InChI=1S/C21H24O8S4/c22-30(23)12-18(16-7-3-1-4-8-16)13-31(24,25)20(30)11-21-32(26,27)14-19(15-33(21,28)29)17-9-5-2-6-10-17/h1-10,18-21H,11-15H2. The average Bonchev–Trinajstić information content (AvgIpc) is 2.71. The van der Waals surface area contributed by atoms with E-state index in [0.29, 0.717) is 11.1 Å². The van der Waals surface area contributed by atoms with Crippen molar-refractivity contribution in [1.82, 2.24) is 0 Å². The minimum absolute atomic E-state index is 0.486. The van der Waals surface area contributed by atoms with Crippen molar-refractivity contribution in [2.75, 3.05) is 23.0 Å². The number of hydrogen-bond acceptors (Lipinski definition) is 8. The summed E-state index contributed by atoms with van der Waals surface area (Å²) in [5.74, 6) is -3.53. The van der Waals surface area contributed by atoms with Crippen LogP contribution >= 0.6 is 0 Å². The summed E-state index contributed by atoms with van der Waals surface area (Å²) in [6, 6.07) is 16.7. The molecule has 33 heavy (non-hydrogen) atoms. The molecule has 2 saturated heterocycles. The Hall–Kier alpha value is -1.76. The quantitative estimate of drug-likeness (QED) is 0.574. The summed E-state index contributed by atoms with van der Waals surface area (Å²) in [6.45, 7) is 0. The van der Waals surface area contributed by atoms with Crippen LogP contribution in [0.1, 0.15) is 29.4 Å². The lowest BCUT2D eigenvalue weighted by Crippen LogP contribution is -2.50. The van der Waals surface area contributed by atoms with E-state index in [2.05, 4.69) is 0 Å². The summed E-state index contributed by atoms with van der Waals surface area (Å²) in [4.78, 5) is 0. The number of sulfone groups is 4. The van der Waals surface area contributed by atoms with E-state index in [-0.39, 0.29) is 0 Å². The van der Waals surface area contributed by atoms with Gasteiger partial charge in [-0.25, -0.2) is 33.7 Å². The molecule has 2 heterocycles. The third kappa shape index (κ3) is 4.89. The largest absolute Gasteiger partial charge is 0.227 e. The molecule has 0 saturated carbocycles. The van der Waals surface area contributed by atoms with Gasteiger partial charge in [0.05, 0.1) is 23.0 Å². The first-order valence-electron chi connectivity index (χ1n) is 10.3. The van der Waals surface area contributed by atoms with Crippen LogP contribution < -0.4 is 0 Å². The fourth-order valence-corrected chi connectivity index (χ4v) is 16.3. The van der Waals surface area contributed by atoms with Gasteiger partial charge >= 0.3 is 0 Å². The number of hydrogen-bond donors (Lipinski definition) is 0. The summed E-state index contributed by atoms with van der Waals surface area (Å²) in [5, 5.41) is 0. The first-order chi connectivity index (χ1) is 15.3. The molecule has 0 N–H and O–H groups in total. The fourth-order valence-electron chi connectivity index (χ4n) is 4.67. The first kappa shape index (κ1) is 24.4. The molecule has 2 aromatic rings. The molecule has 0 unspecified atom stereocenters. The van der Waals surface area contributed by atoms with Crippen LogP contribution in [0, 0.1) is 0 Å². The van der Waals surface area contributed by atoms with E-state index < -0.39 is 89.8 Å². The molecule has 2 fully saturated rings. The Bertz CT molecular complexity index is 1260. The molecule has 0 atom stereocenters. The van der Waals surface area contributed by atoms with Gasteiger partial charge in [-0.1, -0.05) is 60.7 Å². The van der Waals surface area contributed by atoms with Gasteiger partial charge in [0.2, 0.25) is 0 Å². The Morgan fingerprint density at radius 2 is 0.758 bits per heavy atom. The number of rotatable bonds is 4. The van der Waals surface area contributed by atoms with Crippen molar-refractivity contribution >= 4 is 39.3 Å². The van der Waals surface area contributed by atoms with Crippen molar-refractivity contribution in [3.05, 3.63) is 71.8 Å². The maximum Gasteiger partial charge on any atom is 0.168 e. The molecule has 4 rings (SSSR count). The molecule has 2 aliphatic heterocycles. The Morgan fingerprint density at radius 1 is 0.485 bits per heavy atom. The van der Waals surface area contributed by atoms with E-state index in [1.807, 2.05) is 0 Å². The molecule has 0 aromatic heterocycles. The smallest absolute Gasteiger partial charge is 0.168 e. The minimum Gasteiger partial charge on any atom is -0.227 e. The normalized spacial score (nSPS) is 32.0. The molecule has 0 bridgehead atoms. The predicted octanol–water partition coefficient (Wildman–Crippen LogP) is 1.28. The second-order valence-corrected chi connectivity index (χ2v) is 18.1. The Labute approximate surface area is 194 Å². The summed E-state index contributed by atoms with van der Waals surface area (Å²) in [7, 11) is -17.2.